The summed E-state index contributed by atoms with van der Waals surface area (Å²) in [5.74, 6) is -1.12. The summed E-state index contributed by atoms with van der Waals surface area (Å²) < 4.78 is 26.9. The van der Waals surface area contributed by atoms with E-state index < -0.39 is 11.6 Å². The fourth-order valence-corrected chi connectivity index (χ4v) is 3.08. The minimum absolute atomic E-state index is 0.0246. The molecule has 4 heteroatoms. The van der Waals surface area contributed by atoms with E-state index in [1.807, 2.05) is 25.3 Å². The molecule has 2 aromatic heterocycles. The van der Waals surface area contributed by atoms with Gasteiger partial charge in [0, 0.05) is 30.2 Å². The van der Waals surface area contributed by atoms with E-state index in [4.69, 9.17) is 0 Å². The number of hydrogen-bond acceptors (Lipinski definition) is 2. The number of aromatic nitrogens is 2. The lowest BCUT2D eigenvalue weighted by molar-refractivity contribution is 0.574. The van der Waals surface area contributed by atoms with Gasteiger partial charge < -0.3 is 0 Å². The number of halogens is 2. The van der Waals surface area contributed by atoms with Crippen molar-refractivity contribution in [3.63, 3.8) is 0 Å². The molecule has 0 aliphatic rings. The fourth-order valence-electron chi connectivity index (χ4n) is 3.08. The topological polar surface area (TPSA) is 25.8 Å². The molecule has 1 unspecified atom stereocenters. The zero-order valence-corrected chi connectivity index (χ0v) is 16.1. The summed E-state index contributed by atoms with van der Waals surface area (Å²) in [7, 11) is 0. The fraction of sp³-hybridized carbons (Fsp3) is 0.304. The number of benzene rings is 1. The quantitative estimate of drug-likeness (QED) is 0.560. The minimum Gasteiger partial charge on any atom is -0.264 e. The van der Waals surface area contributed by atoms with Crippen LogP contribution in [-0.4, -0.2) is 9.97 Å². The molecule has 2 heterocycles. The van der Waals surface area contributed by atoms with E-state index in [1.165, 1.54) is 17.7 Å². The molecule has 0 aliphatic heterocycles. The van der Waals surface area contributed by atoms with E-state index in [9.17, 15) is 8.78 Å². The van der Waals surface area contributed by atoms with Crippen molar-refractivity contribution in [2.45, 2.75) is 45.4 Å². The average molecular weight is 366 g/mol. The molecule has 0 aliphatic carbocycles. The van der Waals surface area contributed by atoms with Crippen molar-refractivity contribution in [2.75, 3.05) is 0 Å². The lowest BCUT2D eigenvalue weighted by Crippen LogP contribution is -2.11. The van der Waals surface area contributed by atoms with E-state index in [1.54, 1.807) is 12.4 Å². The largest absolute Gasteiger partial charge is 0.264 e. The highest BCUT2D eigenvalue weighted by molar-refractivity contribution is 5.59. The summed E-state index contributed by atoms with van der Waals surface area (Å²) >= 11 is 0. The van der Waals surface area contributed by atoms with Crippen molar-refractivity contribution in [1.82, 2.24) is 9.97 Å². The van der Waals surface area contributed by atoms with Gasteiger partial charge in [-0.25, -0.2) is 8.78 Å². The SMILES string of the molecule is CC(Cc1cncc(-c2ccc(C(C)(C)C)cn2)c1)c1cc(F)cc(F)c1. The minimum atomic E-state index is -0.549. The number of hydrogen-bond donors (Lipinski definition) is 0. The number of nitrogens with zero attached hydrogens (tertiary/aromatic N) is 2. The van der Waals surface area contributed by atoms with Crippen molar-refractivity contribution in [3.8, 4) is 11.3 Å². The van der Waals surface area contributed by atoms with Crippen molar-refractivity contribution in [2.24, 2.45) is 0 Å². The highest BCUT2D eigenvalue weighted by Crippen LogP contribution is 2.26. The summed E-state index contributed by atoms with van der Waals surface area (Å²) in [5, 5.41) is 0. The van der Waals surface area contributed by atoms with Crippen LogP contribution in [0.3, 0.4) is 0 Å². The first kappa shape index (κ1) is 19.2. The normalized spacial score (nSPS) is 12.8. The summed E-state index contributed by atoms with van der Waals surface area (Å²) in [6.07, 6.45) is 6.12. The predicted octanol–water partition coefficient (Wildman–Crippen LogP) is 6.07. The highest BCUT2D eigenvalue weighted by atomic mass is 19.1. The maximum absolute atomic E-state index is 13.5. The van der Waals surface area contributed by atoms with Gasteiger partial charge in [-0.15, -0.1) is 0 Å². The standard InChI is InChI=1S/C23H24F2N2/c1-15(17-9-20(24)11-21(25)10-17)7-16-8-18(13-26-12-16)22-6-5-19(14-27-22)23(2,3)4/h5-6,8-15H,7H2,1-4H3. The van der Waals surface area contributed by atoms with E-state index in [0.29, 0.717) is 12.0 Å². The molecule has 3 aromatic rings. The maximum atomic E-state index is 13.5. The Balaban J connectivity index is 1.81. The van der Waals surface area contributed by atoms with Crippen LogP contribution in [0.1, 0.15) is 50.3 Å². The van der Waals surface area contributed by atoms with E-state index in [2.05, 4.69) is 36.8 Å². The van der Waals surface area contributed by atoms with Crippen LogP contribution in [-0.2, 0) is 11.8 Å². The molecule has 0 fully saturated rings. The van der Waals surface area contributed by atoms with Crippen LogP contribution in [0.4, 0.5) is 8.78 Å². The lowest BCUT2D eigenvalue weighted by Gasteiger charge is -2.18. The molecule has 0 amide bonds. The molecule has 27 heavy (non-hydrogen) atoms. The molecule has 2 nitrogen and oxygen atoms in total. The Morgan fingerprint density at radius 1 is 0.926 bits per heavy atom. The Morgan fingerprint density at radius 2 is 1.63 bits per heavy atom. The molecule has 3 rings (SSSR count). The summed E-state index contributed by atoms with van der Waals surface area (Å²) in [6, 6.07) is 9.80. The molecular weight excluding hydrogens is 342 g/mol. The third-order valence-corrected chi connectivity index (χ3v) is 4.72. The zero-order chi connectivity index (χ0) is 19.6. The highest BCUT2D eigenvalue weighted by Gasteiger charge is 2.15. The Kier molecular flexibility index (Phi) is 5.36. The zero-order valence-electron chi connectivity index (χ0n) is 16.1. The first-order valence-corrected chi connectivity index (χ1v) is 9.09. The van der Waals surface area contributed by atoms with Gasteiger partial charge in [0.05, 0.1) is 5.69 Å². The van der Waals surface area contributed by atoms with Gasteiger partial charge in [0.2, 0.25) is 0 Å². The van der Waals surface area contributed by atoms with Gasteiger partial charge in [0.15, 0.2) is 0 Å². The Morgan fingerprint density at radius 3 is 2.22 bits per heavy atom. The monoisotopic (exact) mass is 366 g/mol. The molecule has 1 atom stereocenters. The van der Waals surface area contributed by atoms with Gasteiger partial charge in [-0.3, -0.25) is 9.97 Å². The van der Waals surface area contributed by atoms with Gasteiger partial charge in [0.1, 0.15) is 11.6 Å². The first-order valence-electron chi connectivity index (χ1n) is 9.09. The van der Waals surface area contributed by atoms with Crippen LogP contribution in [0.25, 0.3) is 11.3 Å². The molecule has 1 aromatic carbocycles. The molecular formula is C23H24F2N2. The van der Waals surface area contributed by atoms with Crippen LogP contribution in [0.5, 0.6) is 0 Å². The molecule has 0 radical (unpaired) electrons. The second-order valence-electron chi connectivity index (χ2n) is 8.07. The van der Waals surface area contributed by atoms with E-state index >= 15 is 0 Å². The Labute approximate surface area is 159 Å². The van der Waals surface area contributed by atoms with Gasteiger partial charge in [0.25, 0.3) is 0 Å². The van der Waals surface area contributed by atoms with Crippen LogP contribution < -0.4 is 0 Å². The second-order valence-corrected chi connectivity index (χ2v) is 8.07. The Hall–Kier alpha value is -2.62. The van der Waals surface area contributed by atoms with Crippen LogP contribution in [0.15, 0.2) is 55.0 Å². The average Bonchev–Trinajstić information content (AvgIpc) is 2.60. The van der Waals surface area contributed by atoms with E-state index in [0.717, 1.165) is 22.9 Å². The van der Waals surface area contributed by atoms with Crippen molar-refractivity contribution in [1.29, 1.82) is 0 Å². The van der Waals surface area contributed by atoms with Gasteiger partial charge in [-0.2, -0.15) is 0 Å². The van der Waals surface area contributed by atoms with Gasteiger partial charge in [-0.05, 0) is 58.7 Å². The Bertz CT molecular complexity index is 908. The van der Waals surface area contributed by atoms with Crippen molar-refractivity contribution < 1.29 is 8.78 Å². The first-order chi connectivity index (χ1) is 12.7. The molecule has 0 spiro atoms. The molecule has 0 saturated carbocycles. The molecule has 140 valence electrons. The van der Waals surface area contributed by atoms with Gasteiger partial charge >= 0.3 is 0 Å². The number of pyridine rings is 2. The van der Waals surface area contributed by atoms with Crippen LogP contribution >= 0.6 is 0 Å². The van der Waals surface area contributed by atoms with Crippen molar-refractivity contribution >= 4 is 0 Å². The predicted molar refractivity (Wildman–Crippen MR) is 105 cm³/mol. The summed E-state index contributed by atoms with van der Waals surface area (Å²) in [5.41, 5.74) is 4.68. The summed E-state index contributed by atoms with van der Waals surface area (Å²) in [4.78, 5) is 8.90. The molecule has 0 saturated heterocycles. The smallest absolute Gasteiger partial charge is 0.126 e. The van der Waals surface area contributed by atoms with Crippen LogP contribution in [0.2, 0.25) is 0 Å². The summed E-state index contributed by atoms with van der Waals surface area (Å²) in [6.45, 7) is 8.42. The number of rotatable bonds is 4. The van der Waals surface area contributed by atoms with Crippen LogP contribution in [0, 0.1) is 11.6 Å². The van der Waals surface area contributed by atoms with Gasteiger partial charge in [-0.1, -0.05) is 33.8 Å². The maximum Gasteiger partial charge on any atom is 0.126 e. The van der Waals surface area contributed by atoms with Crippen molar-refractivity contribution in [3.05, 3.63) is 83.3 Å². The third-order valence-electron chi connectivity index (χ3n) is 4.72. The third kappa shape index (κ3) is 4.76. The van der Waals surface area contributed by atoms with E-state index in [-0.39, 0.29) is 11.3 Å². The molecule has 0 N–H and O–H groups in total. The second kappa shape index (κ2) is 7.55. The lowest BCUT2D eigenvalue weighted by atomic mass is 9.88. The molecule has 0 bridgehead atoms.